The lowest BCUT2D eigenvalue weighted by Crippen LogP contribution is -2.39. The van der Waals surface area contributed by atoms with Gasteiger partial charge in [-0.3, -0.25) is 14.3 Å². The van der Waals surface area contributed by atoms with Gasteiger partial charge in [0.05, 0.1) is 17.6 Å². The first-order valence-corrected chi connectivity index (χ1v) is 7.19. The van der Waals surface area contributed by atoms with E-state index >= 15 is 0 Å². The number of pyridine rings is 1. The lowest BCUT2D eigenvalue weighted by molar-refractivity contribution is -0.120. The van der Waals surface area contributed by atoms with Crippen LogP contribution in [0, 0.1) is 0 Å². The average Bonchev–Trinajstić information content (AvgIpc) is 2.97. The predicted molar refractivity (Wildman–Crippen MR) is 82.3 cm³/mol. The molecule has 6 nitrogen and oxygen atoms in total. The fourth-order valence-corrected chi connectivity index (χ4v) is 2.00. The molecule has 2 rings (SSSR count). The van der Waals surface area contributed by atoms with E-state index < -0.39 is 12.6 Å². The van der Waals surface area contributed by atoms with Crippen molar-refractivity contribution in [1.82, 2.24) is 19.4 Å². The minimum absolute atomic E-state index is 0.111. The second kappa shape index (κ2) is 7.47. The van der Waals surface area contributed by atoms with E-state index in [1.807, 2.05) is 0 Å². The van der Waals surface area contributed by atoms with Gasteiger partial charge in [-0.2, -0.15) is 8.78 Å². The first kappa shape index (κ1) is 17.3. The van der Waals surface area contributed by atoms with E-state index in [1.54, 1.807) is 31.0 Å². The summed E-state index contributed by atoms with van der Waals surface area (Å²) in [4.78, 5) is 21.7. The summed E-state index contributed by atoms with van der Waals surface area (Å²) in [5, 5.41) is 3.11. The Bertz CT molecular complexity index is 661. The number of nitrogens with zero attached hydrogens (tertiary/aromatic N) is 4. The van der Waals surface area contributed by atoms with E-state index in [0.29, 0.717) is 10.8 Å². The molecule has 0 aliphatic heterocycles. The Morgan fingerprint density at radius 1 is 1.43 bits per heavy atom. The Hall–Kier alpha value is -2.06. The molecule has 0 spiro atoms. The maximum absolute atomic E-state index is 12.8. The highest BCUT2D eigenvalue weighted by molar-refractivity contribution is 6.30. The molecule has 2 aromatic rings. The van der Waals surface area contributed by atoms with E-state index in [-0.39, 0.29) is 18.3 Å². The van der Waals surface area contributed by atoms with Crippen molar-refractivity contribution in [1.29, 1.82) is 0 Å². The van der Waals surface area contributed by atoms with Crippen molar-refractivity contribution in [3.8, 4) is 0 Å². The fraction of sp³-hybridized carbons (Fsp3) is 0.357. The fourth-order valence-electron chi connectivity index (χ4n) is 1.88. The third-order valence-electron chi connectivity index (χ3n) is 3.37. The smallest absolute Gasteiger partial charge is 0.309 e. The lowest BCUT2D eigenvalue weighted by atomic mass is 10.2. The van der Waals surface area contributed by atoms with Crippen LogP contribution in [0.1, 0.15) is 19.3 Å². The molecule has 0 saturated heterocycles. The highest BCUT2D eigenvalue weighted by Crippen LogP contribution is 2.15. The van der Waals surface area contributed by atoms with Crippen molar-refractivity contribution in [2.75, 3.05) is 12.4 Å². The monoisotopic (exact) mass is 343 g/mol. The quantitative estimate of drug-likeness (QED) is 0.876. The van der Waals surface area contributed by atoms with E-state index in [0.717, 1.165) is 4.57 Å². The Labute approximate surface area is 137 Å². The summed E-state index contributed by atoms with van der Waals surface area (Å²) >= 11 is 5.73. The lowest BCUT2D eigenvalue weighted by Gasteiger charge is -2.23. The summed E-state index contributed by atoms with van der Waals surface area (Å²) in [6, 6.07) is 2.63. The van der Waals surface area contributed by atoms with E-state index in [4.69, 9.17) is 11.6 Å². The predicted octanol–water partition coefficient (Wildman–Crippen LogP) is 2.79. The maximum atomic E-state index is 12.8. The van der Waals surface area contributed by atoms with E-state index in [1.165, 1.54) is 18.6 Å². The first-order chi connectivity index (χ1) is 10.9. The zero-order valence-corrected chi connectivity index (χ0v) is 13.3. The second-order valence-electron chi connectivity index (χ2n) is 4.97. The average molecular weight is 344 g/mol. The van der Waals surface area contributed by atoms with Gasteiger partial charge in [-0.25, -0.2) is 9.97 Å². The number of amides is 1. The van der Waals surface area contributed by atoms with Crippen LogP contribution >= 0.6 is 11.6 Å². The molecular weight excluding hydrogens is 328 g/mol. The van der Waals surface area contributed by atoms with Crippen LogP contribution in [-0.4, -0.2) is 38.4 Å². The molecule has 1 unspecified atom stereocenters. The van der Waals surface area contributed by atoms with Gasteiger partial charge in [-0.1, -0.05) is 11.6 Å². The number of hydrogen-bond acceptors (Lipinski definition) is 4. The third-order valence-corrected chi connectivity index (χ3v) is 3.59. The van der Waals surface area contributed by atoms with Crippen LogP contribution in [0.15, 0.2) is 30.7 Å². The molecule has 0 aromatic carbocycles. The largest absolute Gasteiger partial charge is 0.319 e. The zero-order chi connectivity index (χ0) is 17.0. The van der Waals surface area contributed by atoms with Crippen LogP contribution in [-0.2, 0) is 11.3 Å². The third kappa shape index (κ3) is 4.46. The Balaban J connectivity index is 1.98. The molecule has 1 atom stereocenters. The molecule has 0 radical (unpaired) electrons. The number of rotatable bonds is 6. The SMILES string of the molecule is CC(C(=O)Nc1ccc(Cl)cn1)N(C)Cc1nccn1C(F)F. The normalized spacial score (nSPS) is 12.7. The van der Waals surface area contributed by atoms with Crippen molar-refractivity contribution in [3.05, 3.63) is 41.6 Å². The van der Waals surface area contributed by atoms with Crippen molar-refractivity contribution in [2.24, 2.45) is 0 Å². The molecular formula is C14H16ClF2N5O. The zero-order valence-electron chi connectivity index (χ0n) is 12.6. The topological polar surface area (TPSA) is 63.1 Å². The first-order valence-electron chi connectivity index (χ1n) is 6.81. The number of anilines is 1. The number of halogens is 3. The Morgan fingerprint density at radius 3 is 2.78 bits per heavy atom. The molecule has 9 heteroatoms. The number of carbonyl (C=O) groups excluding carboxylic acids is 1. The summed E-state index contributed by atoms with van der Waals surface area (Å²) in [6.07, 6.45) is 3.93. The molecule has 0 aliphatic rings. The molecule has 2 aromatic heterocycles. The molecule has 0 saturated carbocycles. The van der Waals surface area contributed by atoms with Crippen LogP contribution in [0.2, 0.25) is 5.02 Å². The van der Waals surface area contributed by atoms with Gasteiger partial charge in [0.2, 0.25) is 5.91 Å². The summed E-state index contributed by atoms with van der Waals surface area (Å²) < 4.78 is 26.4. The summed E-state index contributed by atoms with van der Waals surface area (Å²) in [7, 11) is 1.66. The van der Waals surface area contributed by atoms with Gasteiger partial charge in [-0.15, -0.1) is 0 Å². The Kier molecular flexibility index (Phi) is 5.62. The molecule has 1 N–H and O–H groups in total. The number of nitrogens with one attached hydrogen (secondary N) is 1. The highest BCUT2D eigenvalue weighted by atomic mass is 35.5. The summed E-state index contributed by atoms with van der Waals surface area (Å²) in [5.74, 6) is 0.248. The minimum atomic E-state index is -2.66. The number of alkyl halides is 2. The second-order valence-corrected chi connectivity index (χ2v) is 5.41. The van der Waals surface area contributed by atoms with Gasteiger partial charge in [0.1, 0.15) is 11.6 Å². The molecule has 124 valence electrons. The highest BCUT2D eigenvalue weighted by Gasteiger charge is 2.21. The van der Waals surface area contributed by atoms with Crippen LogP contribution in [0.25, 0.3) is 0 Å². The molecule has 2 heterocycles. The van der Waals surface area contributed by atoms with Crippen molar-refractivity contribution < 1.29 is 13.6 Å². The van der Waals surface area contributed by atoms with E-state index in [9.17, 15) is 13.6 Å². The number of carbonyl (C=O) groups is 1. The molecule has 0 bridgehead atoms. The maximum Gasteiger partial charge on any atom is 0.319 e. The number of likely N-dealkylation sites (N-methyl/N-ethyl adjacent to an activating group) is 1. The summed E-state index contributed by atoms with van der Waals surface area (Å²) in [6.45, 7) is -0.885. The van der Waals surface area contributed by atoms with Crippen LogP contribution in [0.4, 0.5) is 14.6 Å². The minimum Gasteiger partial charge on any atom is -0.309 e. The molecule has 0 fully saturated rings. The van der Waals surface area contributed by atoms with Crippen LogP contribution in [0.3, 0.4) is 0 Å². The number of imidazole rings is 1. The van der Waals surface area contributed by atoms with Gasteiger partial charge in [0, 0.05) is 18.6 Å². The van der Waals surface area contributed by atoms with Crippen LogP contribution < -0.4 is 5.32 Å². The molecule has 0 aliphatic carbocycles. The molecule has 23 heavy (non-hydrogen) atoms. The van der Waals surface area contributed by atoms with Crippen molar-refractivity contribution >= 4 is 23.3 Å². The van der Waals surface area contributed by atoms with Crippen molar-refractivity contribution in [2.45, 2.75) is 26.1 Å². The number of aromatic nitrogens is 3. The standard InChI is InChI=1S/C14H16ClF2N5O/c1-9(13(23)20-11-4-3-10(15)7-19-11)21(2)8-12-18-5-6-22(12)14(16)17/h3-7,9,14H,8H2,1-2H3,(H,19,20,23). The van der Waals surface area contributed by atoms with Gasteiger partial charge in [0.25, 0.3) is 0 Å². The summed E-state index contributed by atoms with van der Waals surface area (Å²) in [5.41, 5.74) is 0. The van der Waals surface area contributed by atoms with Gasteiger partial charge < -0.3 is 5.32 Å². The molecule has 1 amide bonds. The Morgan fingerprint density at radius 2 is 2.17 bits per heavy atom. The van der Waals surface area contributed by atoms with E-state index in [2.05, 4.69) is 15.3 Å². The van der Waals surface area contributed by atoms with Gasteiger partial charge in [0.15, 0.2) is 0 Å². The van der Waals surface area contributed by atoms with Crippen molar-refractivity contribution in [3.63, 3.8) is 0 Å². The van der Waals surface area contributed by atoms with Gasteiger partial charge in [-0.05, 0) is 26.1 Å². The number of hydrogen-bond donors (Lipinski definition) is 1. The van der Waals surface area contributed by atoms with Crippen LogP contribution in [0.5, 0.6) is 0 Å². The van der Waals surface area contributed by atoms with Gasteiger partial charge >= 0.3 is 6.55 Å².